The number of sulfonamides is 1. The van der Waals surface area contributed by atoms with Gasteiger partial charge in [-0.05, 0) is 54.4 Å². The number of anilines is 1. The third-order valence-corrected chi connectivity index (χ3v) is 10.5. The summed E-state index contributed by atoms with van der Waals surface area (Å²) in [5, 5.41) is 3.87. The van der Waals surface area contributed by atoms with Crippen molar-refractivity contribution in [3.63, 3.8) is 0 Å². The molecule has 0 aliphatic heterocycles. The predicted molar refractivity (Wildman–Crippen MR) is 186 cm³/mol. The van der Waals surface area contributed by atoms with E-state index < -0.39 is 28.5 Å². The number of nitrogens with zero attached hydrogens (tertiary/aromatic N) is 2. The number of amides is 2. The smallest absolute Gasteiger partial charge is 0.264 e. The lowest BCUT2D eigenvalue weighted by Crippen LogP contribution is -2.53. The lowest BCUT2D eigenvalue weighted by molar-refractivity contribution is -0.140. The van der Waals surface area contributed by atoms with Gasteiger partial charge in [0.2, 0.25) is 11.8 Å². The molecule has 1 unspecified atom stereocenters. The third kappa shape index (κ3) is 8.96. The molecule has 0 saturated carbocycles. The second kappa shape index (κ2) is 16.5. The van der Waals surface area contributed by atoms with Crippen LogP contribution >= 0.6 is 46.4 Å². The van der Waals surface area contributed by atoms with Crippen molar-refractivity contribution < 1.29 is 18.0 Å². The summed E-state index contributed by atoms with van der Waals surface area (Å²) in [6.07, 6.45) is 1.76. The van der Waals surface area contributed by atoms with Gasteiger partial charge in [-0.3, -0.25) is 13.9 Å². The molecular weight excluding hydrogens is 688 g/mol. The minimum Gasteiger partial charge on any atom is -0.354 e. The van der Waals surface area contributed by atoms with Gasteiger partial charge in [-0.15, -0.1) is 0 Å². The molecule has 7 nitrogen and oxygen atoms in total. The summed E-state index contributed by atoms with van der Waals surface area (Å²) in [5.41, 5.74) is 1.35. The third-order valence-electron chi connectivity index (χ3n) is 7.29. The molecule has 0 saturated heterocycles. The van der Waals surface area contributed by atoms with Crippen LogP contribution in [-0.2, 0) is 32.6 Å². The van der Waals surface area contributed by atoms with E-state index in [1.54, 1.807) is 36.4 Å². The average molecular weight is 722 g/mol. The molecule has 4 aromatic rings. The van der Waals surface area contributed by atoms with E-state index in [9.17, 15) is 18.0 Å². The Morgan fingerprint density at radius 3 is 2.02 bits per heavy atom. The molecule has 242 valence electrons. The lowest BCUT2D eigenvalue weighted by atomic mass is 10.0. The van der Waals surface area contributed by atoms with Crippen molar-refractivity contribution in [1.29, 1.82) is 0 Å². The highest BCUT2D eigenvalue weighted by molar-refractivity contribution is 7.92. The fourth-order valence-electron chi connectivity index (χ4n) is 4.80. The Bertz CT molecular complexity index is 1740. The highest BCUT2D eigenvalue weighted by Gasteiger charge is 2.35. The fourth-order valence-corrected chi connectivity index (χ4v) is 7.04. The first kappa shape index (κ1) is 35.6. The van der Waals surface area contributed by atoms with Crippen molar-refractivity contribution in [2.45, 2.75) is 43.7 Å². The number of halogens is 4. The maximum absolute atomic E-state index is 14.5. The van der Waals surface area contributed by atoms with Crippen LogP contribution in [0.3, 0.4) is 0 Å². The van der Waals surface area contributed by atoms with E-state index in [2.05, 4.69) is 5.32 Å². The zero-order chi connectivity index (χ0) is 33.3. The molecule has 0 aliphatic carbocycles. The molecule has 0 radical (unpaired) electrons. The van der Waals surface area contributed by atoms with Gasteiger partial charge in [0.1, 0.15) is 12.6 Å². The first-order chi connectivity index (χ1) is 22.0. The van der Waals surface area contributed by atoms with Crippen LogP contribution in [0, 0.1) is 0 Å². The molecule has 0 spiro atoms. The van der Waals surface area contributed by atoms with Crippen molar-refractivity contribution in [2.24, 2.45) is 0 Å². The van der Waals surface area contributed by atoms with Crippen LogP contribution < -0.4 is 9.62 Å². The van der Waals surface area contributed by atoms with E-state index in [4.69, 9.17) is 46.4 Å². The summed E-state index contributed by atoms with van der Waals surface area (Å²) in [6, 6.07) is 25.2. The van der Waals surface area contributed by atoms with Gasteiger partial charge in [-0.1, -0.05) is 114 Å². The topological polar surface area (TPSA) is 86.8 Å². The highest BCUT2D eigenvalue weighted by Crippen LogP contribution is 2.32. The van der Waals surface area contributed by atoms with E-state index in [0.29, 0.717) is 22.2 Å². The number of carbonyl (C=O) groups excluding carboxylic acids is 2. The molecule has 1 N–H and O–H groups in total. The van der Waals surface area contributed by atoms with Crippen LogP contribution in [0.1, 0.15) is 30.9 Å². The highest BCUT2D eigenvalue weighted by atomic mass is 35.5. The molecule has 0 aromatic heterocycles. The standard InChI is InChI=1S/C34H33Cl4N3O4S/c1-2-3-19-39-34(43)32(20-24-11-6-4-7-12-24)40(22-27-28(35)15-10-16-29(27)36)33(42)23-41(25-17-18-30(37)31(38)21-25)46(44,45)26-13-8-5-9-14-26/h4-18,21,32H,2-3,19-20,22-23H2,1H3,(H,39,43). The number of rotatable bonds is 14. The summed E-state index contributed by atoms with van der Waals surface area (Å²) >= 11 is 25.6. The number of unbranched alkanes of at least 4 members (excludes halogenated alkanes) is 1. The van der Waals surface area contributed by atoms with Gasteiger partial charge >= 0.3 is 0 Å². The van der Waals surface area contributed by atoms with E-state index >= 15 is 0 Å². The van der Waals surface area contributed by atoms with E-state index in [-0.39, 0.29) is 39.5 Å². The Hall–Kier alpha value is -3.27. The number of hydrogen-bond acceptors (Lipinski definition) is 4. The molecule has 1 atom stereocenters. The zero-order valence-electron chi connectivity index (χ0n) is 25.0. The van der Waals surface area contributed by atoms with Crippen LogP contribution in [0.25, 0.3) is 0 Å². The normalized spacial score (nSPS) is 11.9. The maximum Gasteiger partial charge on any atom is 0.264 e. The second-order valence-electron chi connectivity index (χ2n) is 10.5. The van der Waals surface area contributed by atoms with Crippen LogP contribution in [0.4, 0.5) is 5.69 Å². The Kier molecular flexibility index (Phi) is 12.8. The molecule has 4 rings (SSSR count). The minimum absolute atomic E-state index is 0.0345. The lowest BCUT2D eigenvalue weighted by Gasteiger charge is -2.34. The van der Waals surface area contributed by atoms with E-state index in [1.807, 2.05) is 37.3 Å². The zero-order valence-corrected chi connectivity index (χ0v) is 28.8. The molecule has 0 aliphatic rings. The summed E-state index contributed by atoms with van der Waals surface area (Å²) in [6.45, 7) is 1.60. The van der Waals surface area contributed by atoms with Crippen LogP contribution in [0.15, 0.2) is 102 Å². The van der Waals surface area contributed by atoms with Crippen molar-refractivity contribution in [2.75, 3.05) is 17.4 Å². The predicted octanol–water partition coefficient (Wildman–Crippen LogP) is 8.05. The molecule has 0 heterocycles. The Labute approximate surface area is 290 Å². The molecule has 12 heteroatoms. The van der Waals surface area contributed by atoms with Gasteiger partial charge in [0.15, 0.2) is 0 Å². The number of nitrogens with one attached hydrogen (secondary N) is 1. The molecule has 46 heavy (non-hydrogen) atoms. The fraction of sp³-hybridized carbons (Fsp3) is 0.235. The van der Waals surface area contributed by atoms with Gasteiger partial charge in [0.25, 0.3) is 10.0 Å². The molecule has 0 bridgehead atoms. The quantitative estimate of drug-likeness (QED) is 0.134. The largest absolute Gasteiger partial charge is 0.354 e. The summed E-state index contributed by atoms with van der Waals surface area (Å²) in [5.74, 6) is -1.05. The molecule has 0 fully saturated rings. The van der Waals surface area contributed by atoms with Gasteiger partial charge in [0, 0.05) is 35.1 Å². The van der Waals surface area contributed by atoms with Crippen LogP contribution in [0.5, 0.6) is 0 Å². The Morgan fingerprint density at radius 2 is 1.41 bits per heavy atom. The Morgan fingerprint density at radius 1 is 0.783 bits per heavy atom. The van der Waals surface area contributed by atoms with Crippen molar-refractivity contribution in [3.05, 3.63) is 128 Å². The van der Waals surface area contributed by atoms with Crippen molar-refractivity contribution >= 4 is 73.9 Å². The number of hydrogen-bond donors (Lipinski definition) is 1. The average Bonchev–Trinajstić information content (AvgIpc) is 3.05. The first-order valence-electron chi connectivity index (χ1n) is 14.6. The summed E-state index contributed by atoms with van der Waals surface area (Å²) in [4.78, 5) is 29.7. The van der Waals surface area contributed by atoms with Gasteiger partial charge in [-0.2, -0.15) is 0 Å². The molecule has 4 aromatic carbocycles. The first-order valence-corrected chi connectivity index (χ1v) is 17.5. The number of benzene rings is 4. The van der Waals surface area contributed by atoms with Crippen LogP contribution in [0.2, 0.25) is 20.1 Å². The SMILES string of the molecule is CCCCNC(=O)C(Cc1ccccc1)N(Cc1c(Cl)cccc1Cl)C(=O)CN(c1ccc(Cl)c(Cl)c1)S(=O)(=O)c1ccccc1. The maximum atomic E-state index is 14.5. The van der Waals surface area contributed by atoms with E-state index in [0.717, 1.165) is 22.7 Å². The van der Waals surface area contributed by atoms with E-state index in [1.165, 1.54) is 35.2 Å². The van der Waals surface area contributed by atoms with Crippen molar-refractivity contribution in [3.8, 4) is 0 Å². The summed E-state index contributed by atoms with van der Waals surface area (Å²) in [7, 11) is -4.29. The Balaban J connectivity index is 1.83. The van der Waals surface area contributed by atoms with Gasteiger partial charge in [-0.25, -0.2) is 8.42 Å². The van der Waals surface area contributed by atoms with Crippen molar-refractivity contribution in [1.82, 2.24) is 10.2 Å². The van der Waals surface area contributed by atoms with Crippen LogP contribution in [-0.4, -0.2) is 44.3 Å². The molecular formula is C34H33Cl4N3O4S. The minimum atomic E-state index is -4.29. The van der Waals surface area contributed by atoms with Gasteiger partial charge < -0.3 is 10.2 Å². The second-order valence-corrected chi connectivity index (χ2v) is 14.0. The molecule has 2 amide bonds. The monoisotopic (exact) mass is 719 g/mol. The van der Waals surface area contributed by atoms with Gasteiger partial charge in [0.05, 0.1) is 20.6 Å². The number of carbonyl (C=O) groups is 2. The summed E-state index contributed by atoms with van der Waals surface area (Å²) < 4.78 is 29.1.